The van der Waals surface area contributed by atoms with Crippen molar-refractivity contribution in [2.45, 2.75) is 20.3 Å². The fourth-order valence-corrected chi connectivity index (χ4v) is 0.897. The molecule has 0 aliphatic heterocycles. The molecular weight excluding hydrogens is 194 g/mol. The first kappa shape index (κ1) is 11.2. The van der Waals surface area contributed by atoms with E-state index in [0.717, 1.165) is 17.8 Å². The highest BCUT2D eigenvalue weighted by atomic mass is 16.6. The summed E-state index contributed by atoms with van der Waals surface area (Å²) in [6.45, 7) is 3.93. The lowest BCUT2D eigenvalue weighted by Gasteiger charge is -2.00. The largest absolute Gasteiger partial charge is 0.279 e. The van der Waals surface area contributed by atoms with Crippen molar-refractivity contribution >= 4 is 17.1 Å². The van der Waals surface area contributed by atoms with Gasteiger partial charge in [0.05, 0.1) is 10.6 Å². The zero-order chi connectivity index (χ0) is 11.3. The zero-order valence-electron chi connectivity index (χ0n) is 8.73. The molecule has 1 rings (SSSR count). The van der Waals surface area contributed by atoms with Crippen LogP contribution in [0.25, 0.3) is 0 Å². The van der Waals surface area contributed by atoms with Gasteiger partial charge in [0.2, 0.25) is 0 Å². The average Bonchev–Trinajstić information content (AvgIpc) is 2.26. The maximum atomic E-state index is 10.4. The van der Waals surface area contributed by atoms with E-state index in [4.69, 9.17) is 0 Å². The summed E-state index contributed by atoms with van der Waals surface area (Å²) in [5.74, 6) is 0. The van der Waals surface area contributed by atoms with Crippen molar-refractivity contribution in [3.8, 4) is 0 Å². The number of nitro benzene ring substituents is 1. The van der Waals surface area contributed by atoms with Crippen molar-refractivity contribution in [3.05, 3.63) is 34.4 Å². The van der Waals surface area contributed by atoms with Gasteiger partial charge in [0.25, 0.3) is 5.69 Å². The van der Waals surface area contributed by atoms with Gasteiger partial charge in [-0.1, -0.05) is 6.92 Å². The minimum absolute atomic E-state index is 0.0803. The molecule has 0 saturated carbocycles. The van der Waals surface area contributed by atoms with E-state index in [0.29, 0.717) is 0 Å². The van der Waals surface area contributed by atoms with Gasteiger partial charge in [0.15, 0.2) is 0 Å². The molecule has 0 spiro atoms. The number of non-ortho nitro benzene ring substituents is 1. The fraction of sp³-hybridized carbons (Fsp3) is 0.300. The number of nitrogens with zero attached hydrogens (tertiary/aromatic N) is 2. The smallest absolute Gasteiger partial charge is 0.269 e. The standard InChI is InChI=1S/C10H13N3O2/c1-3-8(2)11-12-9-4-6-10(7-5-9)13(14)15/h4-7,12H,3H2,1-2H3/b11-8+. The highest BCUT2D eigenvalue weighted by Crippen LogP contribution is 2.15. The summed E-state index contributed by atoms with van der Waals surface area (Å²) < 4.78 is 0. The van der Waals surface area contributed by atoms with Crippen LogP contribution in [0.5, 0.6) is 0 Å². The Kier molecular flexibility index (Phi) is 3.79. The van der Waals surface area contributed by atoms with E-state index in [9.17, 15) is 10.1 Å². The minimum atomic E-state index is -0.426. The molecule has 0 amide bonds. The normalized spacial score (nSPS) is 11.2. The topological polar surface area (TPSA) is 67.5 Å². The monoisotopic (exact) mass is 207 g/mol. The van der Waals surface area contributed by atoms with Crippen LogP contribution < -0.4 is 5.43 Å². The lowest BCUT2D eigenvalue weighted by Crippen LogP contribution is -1.95. The zero-order valence-corrected chi connectivity index (χ0v) is 8.73. The summed E-state index contributed by atoms with van der Waals surface area (Å²) in [4.78, 5) is 9.96. The van der Waals surface area contributed by atoms with E-state index < -0.39 is 4.92 Å². The van der Waals surface area contributed by atoms with Gasteiger partial charge in [0.1, 0.15) is 0 Å². The van der Waals surface area contributed by atoms with Crippen molar-refractivity contribution in [3.63, 3.8) is 0 Å². The summed E-state index contributed by atoms with van der Waals surface area (Å²) in [7, 11) is 0. The number of nitrogens with one attached hydrogen (secondary N) is 1. The van der Waals surface area contributed by atoms with Crippen molar-refractivity contribution in [2.75, 3.05) is 5.43 Å². The van der Waals surface area contributed by atoms with Crippen LogP contribution in [-0.2, 0) is 0 Å². The van der Waals surface area contributed by atoms with Crippen LogP contribution in [0.3, 0.4) is 0 Å². The molecule has 0 unspecified atom stereocenters. The molecule has 0 fully saturated rings. The Morgan fingerprint density at radius 2 is 2.07 bits per heavy atom. The second-order valence-corrected chi connectivity index (χ2v) is 3.12. The minimum Gasteiger partial charge on any atom is -0.279 e. The molecule has 5 heteroatoms. The Balaban J connectivity index is 2.69. The Bertz CT molecular complexity index is 371. The highest BCUT2D eigenvalue weighted by molar-refractivity contribution is 5.82. The molecule has 1 aromatic carbocycles. The number of nitro groups is 1. The maximum absolute atomic E-state index is 10.4. The molecule has 80 valence electrons. The number of hydrazone groups is 1. The first-order valence-corrected chi connectivity index (χ1v) is 4.67. The molecular formula is C10H13N3O2. The number of anilines is 1. The second kappa shape index (κ2) is 5.09. The third-order valence-corrected chi connectivity index (χ3v) is 1.97. The number of rotatable bonds is 4. The predicted molar refractivity (Wildman–Crippen MR) is 60.1 cm³/mol. The first-order chi connectivity index (χ1) is 7.13. The van der Waals surface area contributed by atoms with Gasteiger partial charge >= 0.3 is 0 Å². The summed E-state index contributed by atoms with van der Waals surface area (Å²) in [5.41, 5.74) is 4.63. The number of hydrogen-bond donors (Lipinski definition) is 1. The molecule has 1 N–H and O–H groups in total. The van der Waals surface area contributed by atoms with E-state index in [-0.39, 0.29) is 5.69 Å². The Labute approximate surface area is 88.0 Å². The molecule has 0 aliphatic carbocycles. The van der Waals surface area contributed by atoms with E-state index in [1.54, 1.807) is 12.1 Å². The van der Waals surface area contributed by atoms with E-state index in [2.05, 4.69) is 10.5 Å². The Morgan fingerprint density at radius 3 is 2.53 bits per heavy atom. The van der Waals surface area contributed by atoms with Crippen molar-refractivity contribution in [1.82, 2.24) is 0 Å². The van der Waals surface area contributed by atoms with Crippen LogP contribution in [0.4, 0.5) is 11.4 Å². The average molecular weight is 207 g/mol. The van der Waals surface area contributed by atoms with Gasteiger partial charge < -0.3 is 0 Å². The summed E-state index contributed by atoms with van der Waals surface area (Å²) in [5, 5.41) is 14.5. The number of hydrogen-bond acceptors (Lipinski definition) is 4. The van der Waals surface area contributed by atoms with Gasteiger partial charge in [-0.15, -0.1) is 0 Å². The second-order valence-electron chi connectivity index (χ2n) is 3.12. The van der Waals surface area contributed by atoms with Gasteiger partial charge in [-0.25, -0.2) is 0 Å². The van der Waals surface area contributed by atoms with E-state index in [1.165, 1.54) is 12.1 Å². The molecule has 0 bridgehead atoms. The van der Waals surface area contributed by atoms with Crippen molar-refractivity contribution in [2.24, 2.45) is 5.10 Å². The lowest BCUT2D eigenvalue weighted by atomic mass is 10.3. The third-order valence-electron chi connectivity index (χ3n) is 1.97. The molecule has 0 atom stereocenters. The van der Waals surface area contributed by atoms with Gasteiger partial charge in [0, 0.05) is 17.8 Å². The summed E-state index contributed by atoms with van der Waals surface area (Å²) in [6.07, 6.45) is 0.875. The van der Waals surface area contributed by atoms with E-state index >= 15 is 0 Å². The molecule has 5 nitrogen and oxygen atoms in total. The first-order valence-electron chi connectivity index (χ1n) is 4.67. The van der Waals surface area contributed by atoms with Gasteiger partial charge in [-0.05, 0) is 25.5 Å². The molecule has 0 saturated heterocycles. The van der Waals surface area contributed by atoms with Crippen LogP contribution in [-0.4, -0.2) is 10.6 Å². The molecule has 0 radical (unpaired) electrons. The van der Waals surface area contributed by atoms with Crippen LogP contribution in [0.15, 0.2) is 29.4 Å². The Hall–Kier alpha value is -1.91. The maximum Gasteiger partial charge on any atom is 0.269 e. The predicted octanol–water partition coefficient (Wildman–Crippen LogP) is 2.79. The molecule has 15 heavy (non-hydrogen) atoms. The Morgan fingerprint density at radius 1 is 1.47 bits per heavy atom. The van der Waals surface area contributed by atoms with Crippen LogP contribution in [0.2, 0.25) is 0 Å². The van der Waals surface area contributed by atoms with Gasteiger partial charge in [-0.2, -0.15) is 5.10 Å². The van der Waals surface area contributed by atoms with Crippen LogP contribution in [0.1, 0.15) is 20.3 Å². The SMILES string of the molecule is CC/C(C)=N/Nc1ccc([N+](=O)[O-])cc1. The molecule has 0 aromatic heterocycles. The fourth-order valence-electron chi connectivity index (χ4n) is 0.897. The van der Waals surface area contributed by atoms with Crippen molar-refractivity contribution in [1.29, 1.82) is 0 Å². The summed E-state index contributed by atoms with van der Waals surface area (Å²) >= 11 is 0. The van der Waals surface area contributed by atoms with Crippen LogP contribution >= 0.6 is 0 Å². The summed E-state index contributed by atoms with van der Waals surface area (Å²) in [6, 6.07) is 6.15. The van der Waals surface area contributed by atoms with Crippen molar-refractivity contribution < 1.29 is 4.92 Å². The van der Waals surface area contributed by atoms with Gasteiger partial charge in [-0.3, -0.25) is 15.5 Å². The van der Waals surface area contributed by atoms with E-state index in [1.807, 2.05) is 13.8 Å². The van der Waals surface area contributed by atoms with Crippen LogP contribution in [0, 0.1) is 10.1 Å². The third kappa shape index (κ3) is 3.38. The number of benzene rings is 1. The molecule has 1 aromatic rings. The lowest BCUT2D eigenvalue weighted by molar-refractivity contribution is -0.384. The quantitative estimate of drug-likeness (QED) is 0.469. The molecule has 0 aliphatic rings. The highest BCUT2D eigenvalue weighted by Gasteiger charge is 2.02. The molecule has 0 heterocycles.